The first-order valence-electron chi connectivity index (χ1n) is 14.7. The van der Waals surface area contributed by atoms with Crippen LogP contribution in [0.2, 0.25) is 5.02 Å². The Balaban J connectivity index is 1.14. The van der Waals surface area contributed by atoms with Gasteiger partial charge in [0.25, 0.3) is 0 Å². The van der Waals surface area contributed by atoms with E-state index in [1.54, 1.807) is 7.11 Å². The molecule has 0 radical (unpaired) electrons. The average molecular weight is 597 g/mol. The Hall–Kier alpha value is -3.01. The van der Waals surface area contributed by atoms with Gasteiger partial charge in [0.1, 0.15) is 23.9 Å². The maximum absolute atomic E-state index is 10.9. The van der Waals surface area contributed by atoms with Crippen LogP contribution in [-0.4, -0.2) is 77.0 Å². The third kappa shape index (κ3) is 8.08. The number of rotatable bonds is 14. The zero-order valence-electron chi connectivity index (χ0n) is 24.2. The van der Waals surface area contributed by atoms with Crippen molar-refractivity contribution in [1.82, 2.24) is 5.32 Å². The van der Waals surface area contributed by atoms with Crippen molar-refractivity contribution in [1.29, 1.82) is 0 Å². The van der Waals surface area contributed by atoms with Gasteiger partial charge in [-0.1, -0.05) is 41.9 Å². The molecule has 226 valence electrons. The lowest BCUT2D eigenvalue weighted by Crippen LogP contribution is -2.49. The van der Waals surface area contributed by atoms with Gasteiger partial charge in [-0.3, -0.25) is 0 Å². The van der Waals surface area contributed by atoms with E-state index in [2.05, 4.69) is 22.3 Å². The lowest BCUT2D eigenvalue weighted by Gasteiger charge is -2.36. The number of para-hydroxylation sites is 1. The molecule has 2 heterocycles. The smallest absolute Gasteiger partial charge is 0.142 e. The molecule has 9 heteroatoms. The molecule has 3 unspecified atom stereocenters. The van der Waals surface area contributed by atoms with E-state index in [0.29, 0.717) is 50.3 Å². The third-order valence-corrected chi connectivity index (χ3v) is 7.97. The van der Waals surface area contributed by atoms with Crippen molar-refractivity contribution in [3.63, 3.8) is 0 Å². The number of hydrogen-bond acceptors (Lipinski definition) is 8. The molecule has 2 N–H and O–H groups in total. The number of aliphatic hydroxyl groups excluding tert-OH is 1. The zero-order chi connectivity index (χ0) is 29.1. The summed E-state index contributed by atoms with van der Waals surface area (Å²) in [4.78, 5) is 2.35. The number of piperidine rings is 1. The quantitative estimate of drug-likeness (QED) is 0.250. The topological polar surface area (TPSA) is 81.7 Å². The van der Waals surface area contributed by atoms with Crippen molar-refractivity contribution < 1.29 is 28.8 Å². The Morgan fingerprint density at radius 3 is 2.64 bits per heavy atom. The summed E-state index contributed by atoms with van der Waals surface area (Å²) in [5.41, 5.74) is 3.21. The lowest BCUT2D eigenvalue weighted by atomic mass is 9.85. The van der Waals surface area contributed by atoms with E-state index in [4.69, 9.17) is 35.3 Å². The molecule has 0 spiro atoms. The minimum absolute atomic E-state index is 0.143. The number of nitrogens with one attached hydrogen (secondary N) is 1. The van der Waals surface area contributed by atoms with Crippen LogP contribution in [0.3, 0.4) is 0 Å². The highest BCUT2D eigenvalue weighted by Gasteiger charge is 2.34. The lowest BCUT2D eigenvalue weighted by molar-refractivity contribution is -0.0328. The summed E-state index contributed by atoms with van der Waals surface area (Å²) in [6.07, 6.45) is 0.972. The van der Waals surface area contributed by atoms with Crippen LogP contribution in [0.4, 0.5) is 5.69 Å². The molecule has 3 aromatic rings. The first-order valence-corrected chi connectivity index (χ1v) is 15.1. The first-order chi connectivity index (χ1) is 20.6. The average Bonchev–Trinajstić information content (AvgIpc) is 3.01. The van der Waals surface area contributed by atoms with Crippen LogP contribution in [0.5, 0.6) is 17.2 Å². The maximum Gasteiger partial charge on any atom is 0.142 e. The fourth-order valence-electron chi connectivity index (χ4n) is 5.50. The van der Waals surface area contributed by atoms with Gasteiger partial charge in [0, 0.05) is 45.7 Å². The van der Waals surface area contributed by atoms with Gasteiger partial charge in [-0.25, -0.2) is 0 Å². The van der Waals surface area contributed by atoms with Crippen molar-refractivity contribution in [3.05, 3.63) is 82.9 Å². The van der Waals surface area contributed by atoms with E-state index in [1.165, 1.54) is 0 Å². The summed E-state index contributed by atoms with van der Waals surface area (Å²) in [6.45, 7) is 5.90. The number of hydrogen-bond donors (Lipinski definition) is 2. The second-order valence-electron chi connectivity index (χ2n) is 10.6. The van der Waals surface area contributed by atoms with Gasteiger partial charge < -0.3 is 39.0 Å². The molecule has 3 atom stereocenters. The van der Waals surface area contributed by atoms with Gasteiger partial charge >= 0.3 is 0 Å². The molecule has 0 aromatic heterocycles. The summed E-state index contributed by atoms with van der Waals surface area (Å²) in [7, 11) is 1.73. The number of benzene rings is 3. The molecular formula is C33H41ClN2O6. The maximum atomic E-state index is 10.9. The minimum Gasteiger partial charge on any atom is -0.493 e. The summed E-state index contributed by atoms with van der Waals surface area (Å²) >= 11 is 6.14. The van der Waals surface area contributed by atoms with Gasteiger partial charge in [0.2, 0.25) is 0 Å². The molecule has 2 aliphatic heterocycles. The molecule has 42 heavy (non-hydrogen) atoms. The molecule has 1 saturated heterocycles. The van der Waals surface area contributed by atoms with Crippen molar-refractivity contribution >= 4 is 17.3 Å². The highest BCUT2D eigenvalue weighted by molar-refractivity contribution is 6.32. The van der Waals surface area contributed by atoms with Gasteiger partial charge in [0.05, 0.1) is 49.3 Å². The Labute approximate surface area is 253 Å². The SMILES string of the molecule is COCCCN1CCOc2ccc(COC3CNCC(O)C3c3ccc(OCCCOc4ccccc4Cl)cc3)cc21. The van der Waals surface area contributed by atoms with Crippen molar-refractivity contribution in [2.75, 3.05) is 64.6 Å². The fourth-order valence-corrected chi connectivity index (χ4v) is 5.69. The normalized spacial score (nSPS) is 20.1. The van der Waals surface area contributed by atoms with Gasteiger partial charge in [-0.15, -0.1) is 0 Å². The van der Waals surface area contributed by atoms with E-state index in [-0.39, 0.29) is 12.0 Å². The molecule has 0 aliphatic carbocycles. The zero-order valence-corrected chi connectivity index (χ0v) is 24.9. The Bertz CT molecular complexity index is 1260. The van der Waals surface area contributed by atoms with Crippen molar-refractivity contribution in [3.8, 4) is 17.2 Å². The van der Waals surface area contributed by atoms with Crippen LogP contribution in [0.25, 0.3) is 0 Å². The Morgan fingerprint density at radius 2 is 1.81 bits per heavy atom. The molecule has 8 nitrogen and oxygen atoms in total. The number of halogens is 1. The second kappa shape index (κ2) is 15.5. The first kappa shape index (κ1) is 30.4. The Morgan fingerprint density at radius 1 is 0.976 bits per heavy atom. The van der Waals surface area contributed by atoms with Gasteiger partial charge in [-0.05, 0) is 53.9 Å². The third-order valence-electron chi connectivity index (χ3n) is 7.65. The van der Waals surface area contributed by atoms with Crippen LogP contribution in [-0.2, 0) is 16.1 Å². The van der Waals surface area contributed by atoms with Gasteiger partial charge in [0.15, 0.2) is 0 Å². The minimum atomic E-state index is -0.550. The standard InChI is InChI=1S/C33H41ClN2O6/c1-38-16-4-14-36-15-19-41-31-13-8-24(20-28(31)36)23-42-32-22-35-21-29(37)33(32)25-9-11-26(12-10-25)39-17-5-18-40-30-7-3-2-6-27(30)34/h2-3,6-13,20,29,32-33,35,37H,4-5,14-19,21-23H2,1H3. The molecule has 0 saturated carbocycles. The number of aliphatic hydroxyl groups is 1. The summed E-state index contributed by atoms with van der Waals surface area (Å²) in [6, 6.07) is 21.7. The van der Waals surface area contributed by atoms with Gasteiger partial charge in [-0.2, -0.15) is 0 Å². The number of fused-ring (bicyclic) bond motifs is 1. The van der Waals surface area contributed by atoms with E-state index in [0.717, 1.165) is 60.9 Å². The molecule has 0 bridgehead atoms. The molecular weight excluding hydrogens is 556 g/mol. The molecule has 2 aliphatic rings. The summed E-state index contributed by atoms with van der Waals surface area (Å²) in [5.74, 6) is 2.23. The highest BCUT2D eigenvalue weighted by atomic mass is 35.5. The summed E-state index contributed by atoms with van der Waals surface area (Å²) < 4.78 is 29.2. The van der Waals surface area contributed by atoms with E-state index >= 15 is 0 Å². The number of nitrogens with zero attached hydrogens (tertiary/aromatic N) is 1. The molecule has 3 aromatic carbocycles. The van der Waals surface area contributed by atoms with E-state index < -0.39 is 6.10 Å². The fraction of sp³-hybridized carbons (Fsp3) is 0.455. The molecule has 1 fully saturated rings. The Kier molecular flexibility index (Phi) is 11.2. The van der Waals surface area contributed by atoms with Crippen molar-refractivity contribution in [2.24, 2.45) is 0 Å². The summed E-state index contributed by atoms with van der Waals surface area (Å²) in [5, 5.41) is 14.9. The number of ether oxygens (including phenoxy) is 5. The monoisotopic (exact) mass is 596 g/mol. The van der Waals surface area contributed by atoms with Crippen molar-refractivity contribution in [2.45, 2.75) is 37.6 Å². The number of anilines is 1. The predicted molar refractivity (Wildman–Crippen MR) is 164 cm³/mol. The van der Waals surface area contributed by atoms with E-state index in [1.807, 2.05) is 54.6 Å². The van der Waals surface area contributed by atoms with Crippen LogP contribution in [0.15, 0.2) is 66.7 Å². The largest absolute Gasteiger partial charge is 0.493 e. The second-order valence-corrected chi connectivity index (χ2v) is 11.0. The number of methoxy groups -OCH3 is 1. The molecule has 5 rings (SSSR count). The van der Waals surface area contributed by atoms with Crippen LogP contribution < -0.4 is 24.4 Å². The van der Waals surface area contributed by atoms with Crippen LogP contribution in [0.1, 0.15) is 29.9 Å². The van der Waals surface area contributed by atoms with Crippen LogP contribution >= 0.6 is 11.6 Å². The molecule has 0 amide bonds. The number of β-amino-alcohol motifs (C(OH)–C–C–N with tert-alkyl or cyclic N) is 1. The highest BCUT2D eigenvalue weighted by Crippen LogP contribution is 2.34. The van der Waals surface area contributed by atoms with Crippen LogP contribution in [0, 0.1) is 0 Å². The van der Waals surface area contributed by atoms with E-state index in [9.17, 15) is 5.11 Å². The predicted octanol–water partition coefficient (Wildman–Crippen LogP) is 5.06.